The van der Waals surface area contributed by atoms with E-state index in [9.17, 15) is 9.59 Å². The first-order valence-corrected chi connectivity index (χ1v) is 8.21. The first-order chi connectivity index (χ1) is 11.5. The lowest BCUT2D eigenvalue weighted by molar-refractivity contribution is -0.136. The van der Waals surface area contributed by atoms with Crippen molar-refractivity contribution < 1.29 is 19.1 Å². The van der Waals surface area contributed by atoms with Crippen molar-refractivity contribution in [2.45, 2.75) is 25.7 Å². The second kappa shape index (κ2) is 9.30. The number of esters is 2. The van der Waals surface area contributed by atoms with Gasteiger partial charge in [-0.15, -0.1) is 0 Å². The number of carbonyl (C=O) groups excluding carboxylic acids is 2. The van der Waals surface area contributed by atoms with Gasteiger partial charge >= 0.3 is 11.9 Å². The molecular formula is C18H16Cl2O4. The highest BCUT2D eigenvalue weighted by atomic mass is 35.5. The lowest BCUT2D eigenvalue weighted by Crippen LogP contribution is -2.10. The molecule has 0 unspecified atom stereocenters. The van der Waals surface area contributed by atoms with Crippen LogP contribution in [-0.4, -0.2) is 11.9 Å². The normalized spacial score (nSPS) is 10.2. The first-order valence-electron chi connectivity index (χ1n) is 7.45. The van der Waals surface area contributed by atoms with E-state index >= 15 is 0 Å². The zero-order valence-electron chi connectivity index (χ0n) is 12.8. The van der Waals surface area contributed by atoms with Crippen LogP contribution in [0.25, 0.3) is 0 Å². The van der Waals surface area contributed by atoms with Crippen LogP contribution in [-0.2, 0) is 9.59 Å². The second-order valence-corrected chi connectivity index (χ2v) is 5.94. The number of halogens is 2. The standard InChI is InChI=1S/C18H16Cl2O4/c19-13-5-3-7-15(11-13)23-17(21)9-1-2-10-18(22)24-16-8-4-6-14(20)12-16/h3-8,11-12H,1-2,9-10H2. The van der Waals surface area contributed by atoms with Gasteiger partial charge in [-0.05, 0) is 49.2 Å². The van der Waals surface area contributed by atoms with Crippen molar-refractivity contribution in [1.29, 1.82) is 0 Å². The molecule has 0 saturated carbocycles. The summed E-state index contributed by atoms with van der Waals surface area (Å²) in [5.74, 6) is 0.0988. The third-order valence-electron chi connectivity index (χ3n) is 3.07. The summed E-state index contributed by atoms with van der Waals surface area (Å²) in [5, 5.41) is 1.01. The zero-order valence-corrected chi connectivity index (χ0v) is 14.3. The Hall–Kier alpha value is -2.04. The van der Waals surface area contributed by atoms with Crippen molar-refractivity contribution in [3.8, 4) is 11.5 Å². The van der Waals surface area contributed by atoms with Gasteiger partial charge in [0, 0.05) is 22.9 Å². The van der Waals surface area contributed by atoms with Crippen LogP contribution < -0.4 is 9.47 Å². The van der Waals surface area contributed by atoms with Gasteiger partial charge < -0.3 is 9.47 Å². The molecule has 0 aliphatic heterocycles. The first kappa shape index (κ1) is 18.3. The summed E-state index contributed by atoms with van der Waals surface area (Å²) < 4.78 is 10.3. The maximum Gasteiger partial charge on any atom is 0.311 e. The minimum Gasteiger partial charge on any atom is -0.426 e. The highest BCUT2D eigenvalue weighted by Gasteiger charge is 2.08. The molecular weight excluding hydrogens is 351 g/mol. The molecule has 0 atom stereocenters. The van der Waals surface area contributed by atoms with E-state index in [1.54, 1.807) is 48.5 Å². The van der Waals surface area contributed by atoms with Crippen molar-refractivity contribution >= 4 is 35.1 Å². The van der Waals surface area contributed by atoms with Crippen LogP contribution in [0.5, 0.6) is 11.5 Å². The Morgan fingerprint density at radius 2 is 1.17 bits per heavy atom. The van der Waals surface area contributed by atoms with Gasteiger partial charge in [0.05, 0.1) is 0 Å². The Bertz CT molecular complexity index is 654. The molecule has 0 amide bonds. The molecule has 2 rings (SSSR count). The van der Waals surface area contributed by atoms with Gasteiger partial charge in [-0.1, -0.05) is 35.3 Å². The molecule has 24 heavy (non-hydrogen) atoms. The third-order valence-corrected chi connectivity index (χ3v) is 3.54. The highest BCUT2D eigenvalue weighted by Crippen LogP contribution is 2.19. The molecule has 0 aliphatic rings. The Balaban J connectivity index is 1.65. The predicted molar refractivity (Wildman–Crippen MR) is 92.6 cm³/mol. The van der Waals surface area contributed by atoms with Gasteiger partial charge in [0.1, 0.15) is 11.5 Å². The molecule has 0 saturated heterocycles. The van der Waals surface area contributed by atoms with E-state index in [1.807, 2.05) is 0 Å². The quantitative estimate of drug-likeness (QED) is 0.390. The van der Waals surface area contributed by atoms with Gasteiger partial charge in [0.25, 0.3) is 0 Å². The summed E-state index contributed by atoms with van der Waals surface area (Å²) >= 11 is 11.6. The minimum absolute atomic E-state index is 0.219. The van der Waals surface area contributed by atoms with E-state index in [0.717, 1.165) is 0 Å². The maximum absolute atomic E-state index is 11.7. The molecule has 0 heterocycles. The van der Waals surface area contributed by atoms with Gasteiger partial charge in [-0.2, -0.15) is 0 Å². The lowest BCUT2D eigenvalue weighted by Gasteiger charge is -2.05. The topological polar surface area (TPSA) is 52.6 Å². The number of carbonyl (C=O) groups is 2. The van der Waals surface area contributed by atoms with Gasteiger partial charge in [0.2, 0.25) is 0 Å². The van der Waals surface area contributed by atoms with Gasteiger partial charge in [0.15, 0.2) is 0 Å². The number of unbranched alkanes of at least 4 members (excludes halogenated alkanes) is 1. The van der Waals surface area contributed by atoms with E-state index < -0.39 is 0 Å². The number of ether oxygens (including phenoxy) is 2. The molecule has 0 radical (unpaired) electrons. The van der Waals surface area contributed by atoms with Gasteiger partial charge in [-0.3, -0.25) is 9.59 Å². The van der Waals surface area contributed by atoms with Crippen molar-refractivity contribution in [2.24, 2.45) is 0 Å². The molecule has 0 aliphatic carbocycles. The van der Waals surface area contributed by atoms with Crippen LogP contribution in [0.4, 0.5) is 0 Å². The molecule has 0 bridgehead atoms. The van der Waals surface area contributed by atoms with E-state index in [0.29, 0.717) is 34.4 Å². The molecule has 2 aromatic rings. The summed E-state index contributed by atoms with van der Waals surface area (Å²) in [4.78, 5) is 23.4. The smallest absolute Gasteiger partial charge is 0.311 e. The van der Waals surface area contributed by atoms with Crippen LogP contribution in [0, 0.1) is 0 Å². The lowest BCUT2D eigenvalue weighted by atomic mass is 10.2. The van der Waals surface area contributed by atoms with Crippen molar-refractivity contribution in [3.05, 3.63) is 58.6 Å². The maximum atomic E-state index is 11.7. The van der Waals surface area contributed by atoms with Crippen molar-refractivity contribution in [3.63, 3.8) is 0 Å². The second-order valence-electron chi connectivity index (χ2n) is 5.07. The van der Waals surface area contributed by atoms with Crippen LogP contribution in [0.15, 0.2) is 48.5 Å². The average Bonchev–Trinajstić information content (AvgIpc) is 2.51. The van der Waals surface area contributed by atoms with Gasteiger partial charge in [-0.25, -0.2) is 0 Å². The molecule has 4 nitrogen and oxygen atoms in total. The van der Waals surface area contributed by atoms with Crippen LogP contribution in [0.2, 0.25) is 10.0 Å². The van der Waals surface area contributed by atoms with E-state index in [2.05, 4.69) is 0 Å². The fraction of sp³-hybridized carbons (Fsp3) is 0.222. The summed E-state index contributed by atoms with van der Waals surface area (Å²) in [6.07, 6.45) is 1.50. The fourth-order valence-corrected chi connectivity index (χ4v) is 2.33. The van der Waals surface area contributed by atoms with Crippen LogP contribution >= 0.6 is 23.2 Å². The highest BCUT2D eigenvalue weighted by molar-refractivity contribution is 6.31. The number of rotatable bonds is 7. The van der Waals surface area contributed by atoms with Crippen LogP contribution in [0.1, 0.15) is 25.7 Å². The SMILES string of the molecule is O=C(CCCCC(=O)Oc1cccc(Cl)c1)Oc1cccc(Cl)c1. The largest absolute Gasteiger partial charge is 0.426 e. The third kappa shape index (κ3) is 6.60. The Morgan fingerprint density at radius 1 is 0.750 bits per heavy atom. The van der Waals surface area contributed by atoms with E-state index in [1.165, 1.54) is 0 Å². The Labute approximate surface area is 150 Å². The summed E-state index contributed by atoms with van der Waals surface area (Å²) in [6, 6.07) is 13.3. The summed E-state index contributed by atoms with van der Waals surface area (Å²) in [7, 11) is 0. The number of benzene rings is 2. The van der Waals surface area contributed by atoms with E-state index in [-0.39, 0.29) is 24.8 Å². The van der Waals surface area contributed by atoms with Crippen molar-refractivity contribution in [2.75, 3.05) is 0 Å². The Kier molecular flexibility index (Phi) is 7.09. The fourth-order valence-electron chi connectivity index (χ4n) is 1.96. The summed E-state index contributed by atoms with van der Waals surface area (Å²) in [6.45, 7) is 0. The summed E-state index contributed by atoms with van der Waals surface area (Å²) in [5.41, 5.74) is 0. The average molecular weight is 367 g/mol. The molecule has 0 fully saturated rings. The molecule has 2 aromatic carbocycles. The monoisotopic (exact) mass is 366 g/mol. The number of hydrogen-bond acceptors (Lipinski definition) is 4. The molecule has 6 heteroatoms. The predicted octanol–water partition coefficient (Wildman–Crippen LogP) is 5.06. The Morgan fingerprint density at radius 3 is 1.54 bits per heavy atom. The van der Waals surface area contributed by atoms with E-state index in [4.69, 9.17) is 32.7 Å². The van der Waals surface area contributed by atoms with Crippen LogP contribution in [0.3, 0.4) is 0 Å². The minimum atomic E-state index is -0.361. The molecule has 0 aromatic heterocycles. The molecule has 0 N–H and O–H groups in total. The zero-order chi connectivity index (χ0) is 17.4. The van der Waals surface area contributed by atoms with Crippen molar-refractivity contribution in [1.82, 2.24) is 0 Å². The molecule has 0 spiro atoms. The number of hydrogen-bond donors (Lipinski definition) is 0. The molecule has 126 valence electrons.